The maximum Gasteiger partial charge on any atom is 0.244 e. The van der Waals surface area contributed by atoms with Gasteiger partial charge in [-0.25, -0.2) is 8.78 Å². The zero-order valence-corrected chi connectivity index (χ0v) is 11.2. The fourth-order valence-electron chi connectivity index (χ4n) is 5.31. The van der Waals surface area contributed by atoms with Crippen LogP contribution in [0.15, 0.2) is 11.1 Å². The van der Waals surface area contributed by atoms with E-state index in [1.54, 1.807) is 0 Å². The Labute approximate surface area is 112 Å². The molecule has 0 aromatic carbocycles. The summed E-state index contributed by atoms with van der Waals surface area (Å²) in [5.41, 5.74) is 2.02. The number of hydrogen-bond acceptors (Lipinski definition) is 1. The van der Waals surface area contributed by atoms with E-state index >= 15 is 0 Å². The molecule has 0 atom stereocenters. The van der Waals surface area contributed by atoms with Crippen LogP contribution in [0.3, 0.4) is 0 Å². The second kappa shape index (κ2) is 3.48. The van der Waals surface area contributed by atoms with Crippen LogP contribution in [0.1, 0.15) is 57.8 Å². The van der Waals surface area contributed by atoms with Gasteiger partial charge in [0, 0.05) is 5.41 Å². The van der Waals surface area contributed by atoms with Gasteiger partial charge in [-0.2, -0.15) is 0 Å². The maximum absolute atomic E-state index is 13.0. The standard InChI is InChI=1S/C16H20F2O/c17-13(18)16-8-15(9-16,10-16)12-6-14(3-1-4-14)5-2-11(12)7-19/h7,13H,1-6,8-10H2. The highest BCUT2D eigenvalue weighted by atomic mass is 19.3. The molecular weight excluding hydrogens is 246 g/mol. The summed E-state index contributed by atoms with van der Waals surface area (Å²) in [5, 5.41) is 0. The van der Waals surface area contributed by atoms with Crippen molar-refractivity contribution in [3.05, 3.63) is 11.1 Å². The van der Waals surface area contributed by atoms with Gasteiger partial charge < -0.3 is 0 Å². The minimum Gasteiger partial charge on any atom is -0.298 e. The third-order valence-corrected chi connectivity index (χ3v) is 6.59. The van der Waals surface area contributed by atoms with Gasteiger partial charge in [0.05, 0.1) is 0 Å². The number of halogens is 2. The van der Waals surface area contributed by atoms with E-state index in [-0.39, 0.29) is 5.41 Å². The molecule has 4 fully saturated rings. The molecule has 0 radical (unpaired) electrons. The van der Waals surface area contributed by atoms with Gasteiger partial charge in [0.25, 0.3) is 0 Å². The van der Waals surface area contributed by atoms with Crippen LogP contribution < -0.4 is 0 Å². The predicted molar refractivity (Wildman–Crippen MR) is 67.9 cm³/mol. The van der Waals surface area contributed by atoms with E-state index in [1.165, 1.54) is 24.8 Å². The van der Waals surface area contributed by atoms with Crippen molar-refractivity contribution in [2.45, 2.75) is 64.2 Å². The molecule has 3 heteroatoms. The molecule has 19 heavy (non-hydrogen) atoms. The molecule has 0 heterocycles. The van der Waals surface area contributed by atoms with Crippen molar-refractivity contribution in [3.63, 3.8) is 0 Å². The van der Waals surface area contributed by atoms with Gasteiger partial charge in [-0.05, 0) is 67.8 Å². The molecular formula is C16H20F2O. The quantitative estimate of drug-likeness (QED) is 0.697. The monoisotopic (exact) mass is 266 g/mol. The van der Waals surface area contributed by atoms with E-state index in [1.807, 2.05) is 0 Å². The summed E-state index contributed by atoms with van der Waals surface area (Å²) < 4.78 is 25.9. The minimum atomic E-state index is -2.17. The van der Waals surface area contributed by atoms with Crippen molar-refractivity contribution in [2.24, 2.45) is 16.2 Å². The molecule has 5 aliphatic carbocycles. The van der Waals surface area contributed by atoms with Crippen molar-refractivity contribution in [3.8, 4) is 0 Å². The summed E-state index contributed by atoms with van der Waals surface area (Å²) >= 11 is 0. The first-order valence-electron chi connectivity index (χ1n) is 7.49. The molecule has 1 nitrogen and oxygen atoms in total. The molecule has 5 rings (SSSR count). The first kappa shape index (κ1) is 12.0. The van der Waals surface area contributed by atoms with E-state index in [0.29, 0.717) is 24.7 Å². The van der Waals surface area contributed by atoms with Crippen LogP contribution >= 0.6 is 0 Å². The van der Waals surface area contributed by atoms with Crippen molar-refractivity contribution in [1.82, 2.24) is 0 Å². The lowest BCUT2D eigenvalue weighted by molar-refractivity contribution is -0.250. The molecule has 0 unspecified atom stereocenters. The van der Waals surface area contributed by atoms with E-state index in [4.69, 9.17) is 0 Å². The Bertz CT molecular complexity index is 453. The highest BCUT2D eigenvalue weighted by Gasteiger charge is 2.73. The van der Waals surface area contributed by atoms with Crippen LogP contribution in [0.4, 0.5) is 8.78 Å². The summed E-state index contributed by atoms with van der Waals surface area (Å²) in [5.74, 6) is 0. The average molecular weight is 266 g/mol. The first-order chi connectivity index (χ1) is 9.03. The zero-order valence-electron chi connectivity index (χ0n) is 11.2. The molecule has 0 aliphatic heterocycles. The van der Waals surface area contributed by atoms with Crippen LogP contribution in [0.2, 0.25) is 0 Å². The second-order valence-electron chi connectivity index (χ2n) is 7.63. The number of hydrogen-bond donors (Lipinski definition) is 0. The molecule has 2 bridgehead atoms. The Morgan fingerprint density at radius 3 is 2.26 bits per heavy atom. The molecule has 0 amide bonds. The number of carbonyl (C=O) groups excluding carboxylic acids is 1. The molecule has 0 aromatic rings. The van der Waals surface area contributed by atoms with Gasteiger partial charge in [0.1, 0.15) is 6.29 Å². The van der Waals surface area contributed by atoms with Crippen LogP contribution in [-0.2, 0) is 4.79 Å². The van der Waals surface area contributed by atoms with Crippen LogP contribution in [0, 0.1) is 16.2 Å². The largest absolute Gasteiger partial charge is 0.298 e. The van der Waals surface area contributed by atoms with Gasteiger partial charge in [-0.15, -0.1) is 0 Å². The fourth-order valence-corrected chi connectivity index (χ4v) is 5.31. The molecule has 0 aromatic heterocycles. The van der Waals surface area contributed by atoms with Gasteiger partial charge in [0.15, 0.2) is 0 Å². The lowest BCUT2D eigenvalue weighted by Gasteiger charge is -2.72. The SMILES string of the molecule is O=CC1=C(C23CC(C(F)F)(C2)C3)CC2(CCC2)CC1. The number of allylic oxidation sites excluding steroid dienone is 2. The lowest BCUT2D eigenvalue weighted by atomic mass is 9.32. The Hall–Kier alpha value is -0.730. The van der Waals surface area contributed by atoms with Crippen LogP contribution in [0.25, 0.3) is 0 Å². The molecule has 104 valence electrons. The highest BCUT2D eigenvalue weighted by molar-refractivity contribution is 5.76. The summed E-state index contributed by atoms with van der Waals surface area (Å²) in [6.45, 7) is 0. The van der Waals surface area contributed by atoms with E-state index in [2.05, 4.69) is 0 Å². The Balaban J connectivity index is 1.60. The summed E-state index contributed by atoms with van der Waals surface area (Å²) in [6.07, 6.45) is 7.67. The van der Waals surface area contributed by atoms with Crippen molar-refractivity contribution >= 4 is 6.29 Å². The van der Waals surface area contributed by atoms with E-state index < -0.39 is 11.8 Å². The molecule has 5 aliphatic rings. The highest BCUT2D eigenvalue weighted by Crippen LogP contribution is 2.80. The summed E-state index contributed by atoms with van der Waals surface area (Å²) in [7, 11) is 0. The fraction of sp³-hybridized carbons (Fsp3) is 0.812. The predicted octanol–water partition coefficient (Wildman–Crippen LogP) is 4.27. The van der Waals surface area contributed by atoms with Crippen molar-refractivity contribution in [1.29, 1.82) is 0 Å². The third-order valence-electron chi connectivity index (χ3n) is 6.59. The van der Waals surface area contributed by atoms with Gasteiger partial charge in [-0.1, -0.05) is 12.0 Å². The molecule has 0 N–H and O–H groups in total. The van der Waals surface area contributed by atoms with Crippen molar-refractivity contribution in [2.75, 3.05) is 0 Å². The minimum absolute atomic E-state index is 0.00961. The van der Waals surface area contributed by atoms with Crippen LogP contribution in [-0.4, -0.2) is 12.7 Å². The van der Waals surface area contributed by atoms with Gasteiger partial charge in [-0.3, -0.25) is 4.79 Å². The normalized spacial score (nSPS) is 42.7. The Morgan fingerprint density at radius 2 is 1.79 bits per heavy atom. The Kier molecular flexibility index (Phi) is 2.20. The summed E-state index contributed by atoms with van der Waals surface area (Å²) in [6, 6.07) is 0. The molecule has 0 saturated heterocycles. The number of aldehydes is 1. The molecule has 4 saturated carbocycles. The lowest BCUT2D eigenvalue weighted by Crippen LogP contribution is -2.66. The van der Waals surface area contributed by atoms with E-state index in [0.717, 1.165) is 31.1 Å². The average Bonchev–Trinajstić information content (AvgIpc) is 2.22. The first-order valence-corrected chi connectivity index (χ1v) is 7.49. The zero-order chi connectivity index (χ0) is 13.3. The number of carbonyl (C=O) groups is 1. The topological polar surface area (TPSA) is 17.1 Å². The Morgan fingerprint density at radius 1 is 1.11 bits per heavy atom. The van der Waals surface area contributed by atoms with Crippen LogP contribution in [0.5, 0.6) is 0 Å². The van der Waals surface area contributed by atoms with Gasteiger partial charge >= 0.3 is 0 Å². The van der Waals surface area contributed by atoms with E-state index in [9.17, 15) is 13.6 Å². The molecule has 1 spiro atoms. The van der Waals surface area contributed by atoms with Gasteiger partial charge in [0.2, 0.25) is 6.43 Å². The number of alkyl halides is 2. The second-order valence-corrected chi connectivity index (χ2v) is 7.63. The third kappa shape index (κ3) is 1.37. The number of rotatable bonds is 3. The van der Waals surface area contributed by atoms with Crippen molar-refractivity contribution < 1.29 is 13.6 Å². The summed E-state index contributed by atoms with van der Waals surface area (Å²) in [4.78, 5) is 11.3. The maximum atomic E-state index is 13.0. The smallest absolute Gasteiger partial charge is 0.244 e.